The summed E-state index contributed by atoms with van der Waals surface area (Å²) in [4.78, 5) is 33.1. The van der Waals surface area contributed by atoms with Crippen LogP contribution in [0.3, 0.4) is 0 Å². The first kappa shape index (κ1) is 23.6. The van der Waals surface area contributed by atoms with E-state index >= 15 is 0 Å². The molecule has 182 valence electrons. The third-order valence-corrected chi connectivity index (χ3v) is 7.25. The summed E-state index contributed by atoms with van der Waals surface area (Å²) in [6.45, 7) is 3.97. The highest BCUT2D eigenvalue weighted by atomic mass is 32.1. The highest BCUT2D eigenvalue weighted by Gasteiger charge is 2.49. The number of carbonyl (C=O) groups excluding carboxylic acids is 2. The molecule has 1 fully saturated rings. The van der Waals surface area contributed by atoms with Gasteiger partial charge in [-0.2, -0.15) is 0 Å². The highest BCUT2D eigenvalue weighted by molar-refractivity contribution is 7.22. The number of aromatic nitrogens is 1. The van der Waals surface area contributed by atoms with Crippen molar-refractivity contribution in [2.24, 2.45) is 0 Å². The number of anilines is 1. The van der Waals surface area contributed by atoms with Gasteiger partial charge in [-0.05, 0) is 49.2 Å². The molecule has 1 aliphatic rings. The molecule has 8 heteroatoms. The standard InChI is InChI=1S/C28H24N2O5S/c1-15-12-16(2)23-21(13-15)36-28(29-23)30-24(19-10-5-6-11-20(19)35-4)22(26(32)27(30)33)25(31)17-8-7-9-18(14-17)34-3/h5-14,24,31H,1-4H3/b25-22+/t24-/m1/s1. The number of ketones is 1. The Labute approximate surface area is 212 Å². The number of hydrogen-bond acceptors (Lipinski definition) is 7. The number of rotatable bonds is 5. The summed E-state index contributed by atoms with van der Waals surface area (Å²) in [5.41, 5.74) is 3.73. The molecular weight excluding hydrogens is 476 g/mol. The summed E-state index contributed by atoms with van der Waals surface area (Å²) in [5, 5.41) is 11.8. The predicted molar refractivity (Wildman–Crippen MR) is 140 cm³/mol. The number of hydrogen-bond donors (Lipinski definition) is 1. The van der Waals surface area contributed by atoms with Crippen molar-refractivity contribution in [3.63, 3.8) is 0 Å². The number of fused-ring (bicyclic) bond motifs is 1. The molecule has 4 aromatic rings. The van der Waals surface area contributed by atoms with Gasteiger partial charge in [-0.25, -0.2) is 4.98 Å². The molecule has 1 N–H and O–H groups in total. The van der Waals surface area contributed by atoms with E-state index in [1.54, 1.807) is 48.5 Å². The molecule has 0 radical (unpaired) electrons. The van der Waals surface area contributed by atoms with E-state index in [-0.39, 0.29) is 11.3 Å². The fourth-order valence-electron chi connectivity index (χ4n) is 4.60. The largest absolute Gasteiger partial charge is 0.507 e. The van der Waals surface area contributed by atoms with Crippen molar-refractivity contribution in [2.75, 3.05) is 19.1 Å². The molecule has 1 aromatic heterocycles. The average Bonchev–Trinajstić information content (AvgIpc) is 3.42. The Balaban J connectivity index is 1.77. The number of ether oxygens (including phenoxy) is 2. The van der Waals surface area contributed by atoms with E-state index in [1.807, 2.05) is 26.0 Å². The third-order valence-electron chi connectivity index (χ3n) is 6.25. The number of methoxy groups -OCH3 is 2. The van der Waals surface area contributed by atoms with Gasteiger partial charge in [0.25, 0.3) is 5.78 Å². The van der Waals surface area contributed by atoms with Crippen molar-refractivity contribution in [1.82, 2.24) is 4.98 Å². The molecule has 7 nitrogen and oxygen atoms in total. The number of aliphatic hydroxyl groups excluding tert-OH is 1. The van der Waals surface area contributed by atoms with Gasteiger partial charge in [0.05, 0.1) is 30.0 Å². The quantitative estimate of drug-likeness (QED) is 0.219. The lowest BCUT2D eigenvalue weighted by molar-refractivity contribution is -0.132. The van der Waals surface area contributed by atoms with Crippen LogP contribution in [0.5, 0.6) is 11.5 Å². The zero-order chi connectivity index (χ0) is 25.6. The van der Waals surface area contributed by atoms with Crippen molar-refractivity contribution in [1.29, 1.82) is 0 Å². The first-order chi connectivity index (χ1) is 17.3. The van der Waals surface area contributed by atoms with Gasteiger partial charge in [0.15, 0.2) is 5.13 Å². The first-order valence-electron chi connectivity index (χ1n) is 11.3. The first-order valence-corrected chi connectivity index (χ1v) is 12.1. The second kappa shape index (κ2) is 9.13. The molecule has 1 atom stereocenters. The zero-order valence-corrected chi connectivity index (χ0v) is 21.1. The van der Waals surface area contributed by atoms with Gasteiger partial charge in [-0.3, -0.25) is 14.5 Å². The molecule has 2 heterocycles. The summed E-state index contributed by atoms with van der Waals surface area (Å²) in [6, 6.07) is 17.0. The van der Waals surface area contributed by atoms with Gasteiger partial charge in [-0.15, -0.1) is 0 Å². The highest BCUT2D eigenvalue weighted by Crippen LogP contribution is 2.46. The van der Waals surface area contributed by atoms with Crippen LogP contribution in [0.1, 0.15) is 28.3 Å². The molecule has 1 saturated heterocycles. The Bertz CT molecular complexity index is 1550. The van der Waals surface area contributed by atoms with Crippen LogP contribution in [0.15, 0.2) is 66.2 Å². The maximum absolute atomic E-state index is 13.5. The minimum Gasteiger partial charge on any atom is -0.507 e. The molecule has 0 aliphatic carbocycles. The maximum atomic E-state index is 13.5. The van der Waals surface area contributed by atoms with E-state index in [0.717, 1.165) is 21.3 Å². The molecule has 1 aliphatic heterocycles. The smallest absolute Gasteiger partial charge is 0.301 e. The van der Waals surface area contributed by atoms with Crippen molar-refractivity contribution in [3.05, 3.63) is 88.5 Å². The van der Waals surface area contributed by atoms with E-state index in [1.165, 1.54) is 30.5 Å². The summed E-state index contributed by atoms with van der Waals surface area (Å²) in [5.74, 6) is -0.848. The Morgan fingerprint density at radius 3 is 2.53 bits per heavy atom. The Morgan fingerprint density at radius 2 is 1.78 bits per heavy atom. The van der Waals surface area contributed by atoms with Crippen LogP contribution in [0.2, 0.25) is 0 Å². The minimum atomic E-state index is -0.936. The lowest BCUT2D eigenvalue weighted by Crippen LogP contribution is -2.29. The maximum Gasteiger partial charge on any atom is 0.301 e. The number of amides is 1. The fraction of sp³-hybridized carbons (Fsp3) is 0.179. The summed E-state index contributed by atoms with van der Waals surface area (Å²) >= 11 is 1.33. The van der Waals surface area contributed by atoms with Crippen molar-refractivity contribution in [3.8, 4) is 11.5 Å². The lowest BCUT2D eigenvalue weighted by Gasteiger charge is -2.24. The SMILES string of the molecule is COc1cccc(/C(O)=C2\C(=O)C(=O)N(c3nc4c(C)cc(C)cc4s3)[C@@H]2c2ccccc2OC)c1. The van der Waals surface area contributed by atoms with Crippen LogP contribution in [0.25, 0.3) is 16.0 Å². The Kier molecular flexibility index (Phi) is 5.97. The van der Waals surface area contributed by atoms with Crippen LogP contribution < -0.4 is 14.4 Å². The van der Waals surface area contributed by atoms with Crippen LogP contribution >= 0.6 is 11.3 Å². The summed E-state index contributed by atoms with van der Waals surface area (Å²) in [7, 11) is 3.04. The number of aliphatic hydroxyl groups is 1. The van der Waals surface area contributed by atoms with Crippen LogP contribution in [0, 0.1) is 13.8 Å². The number of carbonyl (C=O) groups is 2. The summed E-state index contributed by atoms with van der Waals surface area (Å²) in [6.07, 6.45) is 0. The predicted octanol–water partition coefficient (Wildman–Crippen LogP) is 5.56. The number of para-hydroxylation sites is 1. The normalized spacial score (nSPS) is 17.1. The number of Topliss-reactive ketones (excluding diaryl/α,β-unsaturated/α-hetero) is 1. The van der Waals surface area contributed by atoms with Gasteiger partial charge < -0.3 is 14.6 Å². The Morgan fingerprint density at radius 1 is 1.00 bits per heavy atom. The molecule has 1 amide bonds. The van der Waals surface area contributed by atoms with Crippen LogP contribution in [0.4, 0.5) is 5.13 Å². The second-order valence-electron chi connectivity index (χ2n) is 8.57. The van der Waals surface area contributed by atoms with E-state index in [2.05, 4.69) is 0 Å². The molecule has 5 rings (SSSR count). The monoisotopic (exact) mass is 500 g/mol. The third kappa shape index (κ3) is 3.79. The minimum absolute atomic E-state index is 0.0371. The van der Waals surface area contributed by atoms with E-state index in [4.69, 9.17) is 14.5 Å². The molecule has 0 saturated carbocycles. The molecule has 0 spiro atoms. The van der Waals surface area contributed by atoms with Crippen molar-refractivity contribution >= 4 is 44.1 Å². The number of aryl methyl sites for hydroxylation is 2. The molecule has 0 bridgehead atoms. The van der Waals surface area contributed by atoms with Crippen molar-refractivity contribution in [2.45, 2.75) is 19.9 Å². The van der Waals surface area contributed by atoms with Crippen molar-refractivity contribution < 1.29 is 24.2 Å². The van der Waals surface area contributed by atoms with Gasteiger partial charge >= 0.3 is 5.91 Å². The van der Waals surface area contributed by atoms with E-state index < -0.39 is 17.7 Å². The number of benzene rings is 3. The van der Waals surface area contributed by atoms with Gasteiger partial charge in [0.2, 0.25) is 0 Å². The van der Waals surface area contributed by atoms with Crippen LogP contribution in [-0.2, 0) is 9.59 Å². The van der Waals surface area contributed by atoms with Gasteiger partial charge in [0.1, 0.15) is 23.3 Å². The topological polar surface area (TPSA) is 89.0 Å². The molecule has 3 aromatic carbocycles. The molecular formula is C28H24N2O5S. The van der Waals surface area contributed by atoms with E-state index in [0.29, 0.717) is 27.8 Å². The fourth-order valence-corrected chi connectivity index (χ4v) is 5.77. The second-order valence-corrected chi connectivity index (χ2v) is 9.58. The average molecular weight is 501 g/mol. The van der Waals surface area contributed by atoms with E-state index in [9.17, 15) is 14.7 Å². The molecule has 36 heavy (non-hydrogen) atoms. The summed E-state index contributed by atoms with van der Waals surface area (Å²) < 4.78 is 11.8. The van der Waals surface area contributed by atoms with Gasteiger partial charge in [-0.1, -0.05) is 47.7 Å². The lowest BCUT2D eigenvalue weighted by atomic mass is 9.94. The number of nitrogens with zero attached hydrogens (tertiary/aromatic N) is 2. The Hall–Kier alpha value is -4.17. The number of thiazole rings is 1. The van der Waals surface area contributed by atoms with Crippen LogP contribution in [-0.4, -0.2) is 36.0 Å². The van der Waals surface area contributed by atoms with Gasteiger partial charge in [0, 0.05) is 11.1 Å². The zero-order valence-electron chi connectivity index (χ0n) is 20.2. The molecule has 0 unspecified atom stereocenters.